The van der Waals surface area contributed by atoms with Crippen LogP contribution in [0.15, 0.2) is 30.3 Å². The van der Waals surface area contributed by atoms with Crippen molar-refractivity contribution in [2.45, 2.75) is 19.3 Å². The van der Waals surface area contributed by atoms with Gasteiger partial charge in [-0.2, -0.15) is 12.7 Å². The van der Waals surface area contributed by atoms with E-state index in [9.17, 15) is 8.42 Å². The Morgan fingerprint density at radius 3 is 2.42 bits per heavy atom. The highest BCUT2D eigenvalue weighted by Crippen LogP contribution is 2.21. The molecule has 1 heterocycles. The number of para-hydroxylation sites is 1. The first-order valence-electron chi connectivity index (χ1n) is 6.62. The van der Waals surface area contributed by atoms with E-state index in [1.54, 1.807) is 0 Å². The lowest BCUT2D eigenvalue weighted by Gasteiger charge is -2.29. The third-order valence-corrected chi connectivity index (χ3v) is 4.67. The van der Waals surface area contributed by atoms with Crippen LogP contribution in [0.25, 0.3) is 0 Å². The first-order chi connectivity index (χ1) is 9.05. The van der Waals surface area contributed by atoms with Gasteiger partial charge in [0.15, 0.2) is 0 Å². The molecule has 1 aromatic carbocycles. The van der Waals surface area contributed by atoms with Crippen molar-refractivity contribution in [2.24, 2.45) is 11.1 Å². The highest BCUT2D eigenvalue weighted by Gasteiger charge is 2.24. The molecule has 3 N–H and O–H groups in total. The quantitative estimate of drug-likeness (QED) is 0.857. The van der Waals surface area contributed by atoms with E-state index < -0.39 is 10.2 Å². The van der Waals surface area contributed by atoms with Crippen LogP contribution in [-0.4, -0.2) is 32.4 Å². The molecule has 0 amide bonds. The van der Waals surface area contributed by atoms with Crippen molar-refractivity contribution < 1.29 is 8.42 Å². The molecule has 1 aromatic rings. The zero-order chi connectivity index (χ0) is 13.7. The molecule has 5 nitrogen and oxygen atoms in total. The summed E-state index contributed by atoms with van der Waals surface area (Å²) in [6.45, 7) is 2.02. The van der Waals surface area contributed by atoms with Gasteiger partial charge < -0.3 is 5.32 Å². The monoisotopic (exact) mass is 283 g/mol. The molecule has 0 aromatic heterocycles. The second-order valence-corrected chi connectivity index (χ2v) is 6.52. The average Bonchev–Trinajstić information content (AvgIpc) is 2.39. The van der Waals surface area contributed by atoms with Gasteiger partial charge in [0.2, 0.25) is 0 Å². The number of hydrogen-bond acceptors (Lipinski definition) is 3. The van der Waals surface area contributed by atoms with Crippen LogP contribution >= 0.6 is 0 Å². The molecule has 0 bridgehead atoms. The van der Waals surface area contributed by atoms with Gasteiger partial charge in [-0.15, -0.1) is 0 Å². The minimum absolute atomic E-state index is 0.550. The zero-order valence-electron chi connectivity index (χ0n) is 11.0. The van der Waals surface area contributed by atoms with Gasteiger partial charge in [-0.25, -0.2) is 5.14 Å². The predicted molar refractivity (Wildman–Crippen MR) is 77.0 cm³/mol. The number of piperidine rings is 1. The second kappa shape index (κ2) is 6.36. The lowest BCUT2D eigenvalue weighted by atomic mass is 9.95. The standard InChI is InChI=1S/C13H21N3O2S/c14-19(17,18)16-10-7-12(8-11-16)6-9-15-13-4-2-1-3-5-13/h1-5,12,15H,6-11H2,(H2,14,17,18). The summed E-state index contributed by atoms with van der Waals surface area (Å²) in [6.07, 6.45) is 2.85. The van der Waals surface area contributed by atoms with Crippen LogP contribution in [0.3, 0.4) is 0 Å². The summed E-state index contributed by atoms with van der Waals surface area (Å²) in [4.78, 5) is 0. The lowest BCUT2D eigenvalue weighted by molar-refractivity contribution is 0.267. The van der Waals surface area contributed by atoms with Crippen molar-refractivity contribution in [3.8, 4) is 0 Å². The number of hydrogen-bond donors (Lipinski definition) is 2. The molecule has 1 aliphatic heterocycles. The van der Waals surface area contributed by atoms with E-state index in [0.717, 1.165) is 31.5 Å². The Balaban J connectivity index is 1.69. The average molecular weight is 283 g/mol. The Bertz CT molecular complexity index is 482. The lowest BCUT2D eigenvalue weighted by Crippen LogP contribution is -2.42. The summed E-state index contributed by atoms with van der Waals surface area (Å²) < 4.78 is 23.7. The van der Waals surface area contributed by atoms with Crippen molar-refractivity contribution in [3.05, 3.63) is 30.3 Å². The maximum absolute atomic E-state index is 11.2. The molecule has 2 rings (SSSR count). The number of anilines is 1. The van der Waals surface area contributed by atoms with Gasteiger partial charge >= 0.3 is 0 Å². The van der Waals surface area contributed by atoms with E-state index in [1.807, 2.05) is 30.3 Å². The SMILES string of the molecule is NS(=O)(=O)N1CCC(CCNc2ccccc2)CC1. The second-order valence-electron chi connectivity index (χ2n) is 4.97. The highest BCUT2D eigenvalue weighted by atomic mass is 32.2. The molecule has 1 fully saturated rings. The van der Waals surface area contributed by atoms with E-state index in [2.05, 4.69) is 5.32 Å². The van der Waals surface area contributed by atoms with Crippen LogP contribution < -0.4 is 10.5 Å². The molecule has 1 aliphatic rings. The zero-order valence-corrected chi connectivity index (χ0v) is 11.8. The van der Waals surface area contributed by atoms with Crippen molar-refractivity contribution in [2.75, 3.05) is 25.0 Å². The normalized spacial score (nSPS) is 18.4. The molecule has 0 saturated carbocycles. The highest BCUT2D eigenvalue weighted by molar-refractivity contribution is 7.86. The first-order valence-corrected chi connectivity index (χ1v) is 8.13. The first kappa shape index (κ1) is 14.3. The number of nitrogens with zero attached hydrogens (tertiary/aromatic N) is 1. The Hall–Kier alpha value is -1.11. The summed E-state index contributed by atoms with van der Waals surface area (Å²) in [5.41, 5.74) is 1.13. The van der Waals surface area contributed by atoms with Gasteiger partial charge in [0.05, 0.1) is 0 Å². The number of nitrogens with one attached hydrogen (secondary N) is 1. The molecule has 0 unspecified atom stereocenters. The van der Waals surface area contributed by atoms with Crippen LogP contribution in [-0.2, 0) is 10.2 Å². The van der Waals surface area contributed by atoms with Gasteiger partial charge in [-0.1, -0.05) is 18.2 Å². The van der Waals surface area contributed by atoms with Crippen molar-refractivity contribution in [1.82, 2.24) is 4.31 Å². The molecule has 6 heteroatoms. The van der Waals surface area contributed by atoms with E-state index in [-0.39, 0.29) is 0 Å². The number of benzene rings is 1. The van der Waals surface area contributed by atoms with Crippen LogP contribution in [0.1, 0.15) is 19.3 Å². The molecule has 19 heavy (non-hydrogen) atoms. The Kier molecular flexibility index (Phi) is 4.79. The van der Waals surface area contributed by atoms with E-state index in [1.165, 1.54) is 4.31 Å². The topological polar surface area (TPSA) is 75.4 Å². The smallest absolute Gasteiger partial charge is 0.276 e. The summed E-state index contributed by atoms with van der Waals surface area (Å²) >= 11 is 0. The summed E-state index contributed by atoms with van der Waals surface area (Å²) in [5, 5.41) is 8.49. The van der Waals surface area contributed by atoms with E-state index in [0.29, 0.717) is 19.0 Å². The minimum atomic E-state index is -3.50. The molecule has 0 atom stereocenters. The Morgan fingerprint density at radius 2 is 1.84 bits per heavy atom. The van der Waals surface area contributed by atoms with E-state index >= 15 is 0 Å². The van der Waals surface area contributed by atoms with Gasteiger partial charge in [0.25, 0.3) is 10.2 Å². The third-order valence-electron chi connectivity index (χ3n) is 3.59. The summed E-state index contributed by atoms with van der Waals surface area (Å²) in [6, 6.07) is 10.1. The maximum Gasteiger partial charge on any atom is 0.276 e. The fraction of sp³-hybridized carbons (Fsp3) is 0.538. The maximum atomic E-state index is 11.2. The molecule has 106 valence electrons. The molecule has 0 aliphatic carbocycles. The van der Waals surface area contributed by atoms with Crippen LogP contribution in [0.2, 0.25) is 0 Å². The molecule has 1 saturated heterocycles. The number of rotatable bonds is 5. The van der Waals surface area contributed by atoms with Crippen molar-refractivity contribution in [3.63, 3.8) is 0 Å². The van der Waals surface area contributed by atoms with Crippen LogP contribution in [0.4, 0.5) is 5.69 Å². The fourth-order valence-electron chi connectivity index (χ4n) is 2.43. The predicted octanol–water partition coefficient (Wildman–Crippen LogP) is 1.40. The van der Waals surface area contributed by atoms with Gasteiger partial charge in [-0.3, -0.25) is 0 Å². The Morgan fingerprint density at radius 1 is 1.21 bits per heavy atom. The molecular weight excluding hydrogens is 262 g/mol. The minimum Gasteiger partial charge on any atom is -0.385 e. The molecule has 0 spiro atoms. The van der Waals surface area contributed by atoms with Crippen molar-refractivity contribution >= 4 is 15.9 Å². The number of nitrogens with two attached hydrogens (primary N) is 1. The molecular formula is C13H21N3O2S. The summed E-state index contributed by atoms with van der Waals surface area (Å²) in [7, 11) is -3.50. The van der Waals surface area contributed by atoms with Gasteiger partial charge in [-0.05, 0) is 37.3 Å². The Labute approximate surface area is 115 Å². The molecule has 0 radical (unpaired) electrons. The third kappa shape index (κ3) is 4.49. The van der Waals surface area contributed by atoms with Crippen LogP contribution in [0, 0.1) is 5.92 Å². The summed E-state index contributed by atoms with van der Waals surface area (Å²) in [5.74, 6) is 0.578. The fourth-order valence-corrected chi connectivity index (χ4v) is 3.15. The van der Waals surface area contributed by atoms with Gasteiger partial charge in [0, 0.05) is 25.3 Å². The van der Waals surface area contributed by atoms with E-state index in [4.69, 9.17) is 5.14 Å². The van der Waals surface area contributed by atoms with Crippen LogP contribution in [0.5, 0.6) is 0 Å². The van der Waals surface area contributed by atoms with Crippen molar-refractivity contribution in [1.29, 1.82) is 0 Å². The van der Waals surface area contributed by atoms with Gasteiger partial charge in [0.1, 0.15) is 0 Å². The largest absolute Gasteiger partial charge is 0.385 e.